The number of carbonyl (C=O) groups excluding carboxylic acids is 2. The molecule has 1 heterocycles. The first-order valence-corrected chi connectivity index (χ1v) is 8.32. The van der Waals surface area contributed by atoms with Crippen molar-refractivity contribution in [2.24, 2.45) is 0 Å². The van der Waals surface area contributed by atoms with Crippen LogP contribution in [0.1, 0.15) is 20.3 Å². The molecule has 0 fully saturated rings. The van der Waals surface area contributed by atoms with Crippen LogP contribution in [0.5, 0.6) is 0 Å². The Hall–Kier alpha value is -2.77. The number of aryl methyl sites for hydroxylation is 1. The van der Waals surface area contributed by atoms with E-state index in [1.54, 1.807) is 36.2 Å². The van der Waals surface area contributed by atoms with Gasteiger partial charge in [-0.05, 0) is 26.0 Å². The number of likely N-dealkylation sites (N-methyl/N-ethyl adjacent to an activating group) is 2. The van der Waals surface area contributed by atoms with E-state index in [1.165, 1.54) is 9.58 Å². The molecule has 0 aliphatic heterocycles. The lowest BCUT2D eigenvalue weighted by Gasteiger charge is -2.23. The second-order valence-corrected chi connectivity index (χ2v) is 5.70. The fourth-order valence-corrected chi connectivity index (χ4v) is 2.53. The van der Waals surface area contributed by atoms with Crippen LogP contribution in [0.15, 0.2) is 29.1 Å². The molecule has 0 saturated heterocycles. The molecule has 0 bridgehead atoms. The minimum Gasteiger partial charge on any atom is -0.342 e. The van der Waals surface area contributed by atoms with Gasteiger partial charge in [-0.15, -0.1) is 5.10 Å². The largest absolute Gasteiger partial charge is 0.342 e. The fourth-order valence-electron chi connectivity index (χ4n) is 2.53. The average molecular weight is 345 g/mol. The van der Waals surface area contributed by atoms with E-state index in [9.17, 15) is 14.4 Å². The maximum Gasteiger partial charge on any atom is 0.277 e. The van der Waals surface area contributed by atoms with Crippen LogP contribution in [-0.4, -0.2) is 63.3 Å². The summed E-state index contributed by atoms with van der Waals surface area (Å²) in [7, 11) is 1.58. The molecule has 1 aromatic carbocycles. The maximum atomic E-state index is 12.3. The molecular weight excluding hydrogens is 322 g/mol. The molecule has 2 amide bonds. The first kappa shape index (κ1) is 18.6. The van der Waals surface area contributed by atoms with Crippen molar-refractivity contribution in [3.63, 3.8) is 0 Å². The Morgan fingerprint density at radius 2 is 1.80 bits per heavy atom. The molecule has 0 spiro atoms. The van der Waals surface area contributed by atoms with Gasteiger partial charge in [-0.25, -0.2) is 4.68 Å². The lowest BCUT2D eigenvalue weighted by atomic mass is 10.2. The number of carbonyl (C=O) groups is 2. The molecule has 0 aliphatic rings. The Labute approximate surface area is 146 Å². The highest BCUT2D eigenvalue weighted by atomic mass is 16.2. The summed E-state index contributed by atoms with van der Waals surface area (Å²) in [4.78, 5) is 39.6. The third-order valence-corrected chi connectivity index (χ3v) is 4.08. The van der Waals surface area contributed by atoms with Gasteiger partial charge < -0.3 is 9.80 Å². The van der Waals surface area contributed by atoms with E-state index in [0.29, 0.717) is 24.0 Å². The highest BCUT2D eigenvalue weighted by Gasteiger charge is 2.17. The van der Waals surface area contributed by atoms with Gasteiger partial charge in [-0.3, -0.25) is 14.4 Å². The zero-order valence-electron chi connectivity index (χ0n) is 14.8. The summed E-state index contributed by atoms with van der Waals surface area (Å²) in [6.07, 6.45) is 0.0783. The van der Waals surface area contributed by atoms with Crippen LogP contribution < -0.4 is 5.56 Å². The van der Waals surface area contributed by atoms with Crippen LogP contribution >= 0.6 is 0 Å². The number of nitrogens with zero attached hydrogens (tertiary/aromatic N) is 5. The highest BCUT2D eigenvalue weighted by Crippen LogP contribution is 2.04. The van der Waals surface area contributed by atoms with Crippen molar-refractivity contribution in [2.75, 3.05) is 26.7 Å². The van der Waals surface area contributed by atoms with E-state index in [0.717, 1.165) is 0 Å². The molecule has 2 aromatic rings. The van der Waals surface area contributed by atoms with Crippen LogP contribution in [0.2, 0.25) is 0 Å². The monoisotopic (exact) mass is 345 g/mol. The number of benzene rings is 1. The number of hydrogen-bond acceptors (Lipinski definition) is 5. The van der Waals surface area contributed by atoms with Crippen molar-refractivity contribution in [2.45, 2.75) is 26.8 Å². The van der Waals surface area contributed by atoms with E-state index in [1.807, 2.05) is 13.8 Å². The van der Waals surface area contributed by atoms with Gasteiger partial charge in [-0.1, -0.05) is 17.3 Å². The Balaban J connectivity index is 1.99. The average Bonchev–Trinajstić information content (AvgIpc) is 2.62. The Morgan fingerprint density at radius 3 is 2.48 bits per heavy atom. The van der Waals surface area contributed by atoms with Gasteiger partial charge in [0, 0.05) is 26.6 Å². The lowest BCUT2D eigenvalue weighted by Crippen LogP contribution is -2.41. The molecule has 8 heteroatoms. The summed E-state index contributed by atoms with van der Waals surface area (Å²) in [6, 6.07) is 6.94. The summed E-state index contributed by atoms with van der Waals surface area (Å²) in [5.41, 5.74) is 0.247. The quantitative estimate of drug-likeness (QED) is 0.729. The topological polar surface area (TPSA) is 88.4 Å². The van der Waals surface area contributed by atoms with Crippen LogP contribution in [-0.2, 0) is 16.1 Å². The van der Waals surface area contributed by atoms with Crippen molar-refractivity contribution in [3.05, 3.63) is 34.6 Å². The molecule has 0 N–H and O–H groups in total. The molecular formula is C17H23N5O3. The molecule has 0 aliphatic carbocycles. The van der Waals surface area contributed by atoms with Crippen molar-refractivity contribution in [1.29, 1.82) is 0 Å². The van der Waals surface area contributed by atoms with Crippen LogP contribution in [0.4, 0.5) is 0 Å². The third kappa shape index (κ3) is 4.40. The summed E-state index contributed by atoms with van der Waals surface area (Å²) in [5.74, 6) is -0.314. The van der Waals surface area contributed by atoms with Gasteiger partial charge in [0.1, 0.15) is 5.52 Å². The Kier molecular flexibility index (Phi) is 6.21. The smallest absolute Gasteiger partial charge is 0.277 e. The minimum atomic E-state index is -0.278. The second-order valence-electron chi connectivity index (χ2n) is 5.70. The zero-order chi connectivity index (χ0) is 18.4. The number of hydrogen-bond donors (Lipinski definition) is 0. The van der Waals surface area contributed by atoms with Gasteiger partial charge in [-0.2, -0.15) is 0 Å². The van der Waals surface area contributed by atoms with Crippen molar-refractivity contribution in [1.82, 2.24) is 24.8 Å². The number of amides is 2. The summed E-state index contributed by atoms with van der Waals surface area (Å²) >= 11 is 0. The third-order valence-electron chi connectivity index (χ3n) is 4.08. The van der Waals surface area contributed by atoms with Crippen LogP contribution in [0.3, 0.4) is 0 Å². The summed E-state index contributed by atoms with van der Waals surface area (Å²) in [6.45, 7) is 5.17. The number of fused-ring (bicyclic) bond motifs is 1. The summed E-state index contributed by atoms with van der Waals surface area (Å²) < 4.78 is 1.18. The van der Waals surface area contributed by atoms with Crippen molar-refractivity contribution < 1.29 is 9.59 Å². The number of rotatable bonds is 7. The first-order chi connectivity index (χ1) is 12.0. The molecule has 25 heavy (non-hydrogen) atoms. The molecule has 1 aromatic heterocycles. The molecule has 134 valence electrons. The predicted molar refractivity (Wildman–Crippen MR) is 94.0 cm³/mol. The molecule has 0 radical (unpaired) electrons. The van der Waals surface area contributed by atoms with Gasteiger partial charge in [0.2, 0.25) is 11.8 Å². The van der Waals surface area contributed by atoms with Gasteiger partial charge in [0.15, 0.2) is 0 Å². The molecule has 2 rings (SSSR count). The molecule has 0 saturated carbocycles. The molecule has 0 atom stereocenters. The lowest BCUT2D eigenvalue weighted by molar-refractivity contribution is -0.139. The van der Waals surface area contributed by atoms with Gasteiger partial charge >= 0.3 is 0 Å². The van der Waals surface area contributed by atoms with E-state index in [-0.39, 0.29) is 36.9 Å². The normalized spacial score (nSPS) is 10.7. The Morgan fingerprint density at radius 1 is 1.12 bits per heavy atom. The standard InChI is InChI=1S/C17H23N5O3/c1-4-21(5-2)16(24)12-20(3)15(23)10-11-22-17(25)13-8-6-7-9-14(13)18-19-22/h6-9H,4-5,10-12H2,1-3H3. The van der Waals surface area contributed by atoms with E-state index in [2.05, 4.69) is 10.3 Å². The van der Waals surface area contributed by atoms with Crippen LogP contribution in [0, 0.1) is 0 Å². The summed E-state index contributed by atoms with van der Waals surface area (Å²) in [5, 5.41) is 8.32. The zero-order valence-corrected chi connectivity index (χ0v) is 14.8. The molecule has 8 nitrogen and oxygen atoms in total. The van der Waals surface area contributed by atoms with Crippen molar-refractivity contribution in [3.8, 4) is 0 Å². The van der Waals surface area contributed by atoms with E-state index >= 15 is 0 Å². The maximum absolute atomic E-state index is 12.3. The SMILES string of the molecule is CCN(CC)C(=O)CN(C)C(=O)CCn1nnc2ccccc2c1=O. The minimum absolute atomic E-state index is 0.0266. The van der Waals surface area contributed by atoms with E-state index in [4.69, 9.17) is 0 Å². The van der Waals surface area contributed by atoms with Gasteiger partial charge in [0.05, 0.1) is 18.5 Å². The van der Waals surface area contributed by atoms with E-state index < -0.39 is 0 Å². The van der Waals surface area contributed by atoms with Gasteiger partial charge in [0.25, 0.3) is 5.56 Å². The predicted octanol–water partition coefficient (Wildman–Crippen LogP) is 0.508. The highest BCUT2D eigenvalue weighted by molar-refractivity contribution is 5.84. The number of aromatic nitrogens is 3. The Bertz CT molecular complexity index is 813. The second kappa shape index (κ2) is 8.36. The first-order valence-electron chi connectivity index (χ1n) is 8.32. The fraction of sp³-hybridized carbons (Fsp3) is 0.471. The van der Waals surface area contributed by atoms with Crippen molar-refractivity contribution >= 4 is 22.7 Å². The molecule has 0 unspecified atom stereocenters. The van der Waals surface area contributed by atoms with Crippen LogP contribution in [0.25, 0.3) is 10.9 Å².